The third kappa shape index (κ3) is 2.07. The topological polar surface area (TPSA) is 32.8 Å². The van der Waals surface area contributed by atoms with Crippen LogP contribution in [0.5, 0.6) is 0 Å². The Hall–Kier alpha value is -1.71. The Morgan fingerprint density at radius 2 is 2.12 bits per heavy atom. The summed E-state index contributed by atoms with van der Waals surface area (Å²) in [6.45, 7) is 0.907. The highest BCUT2D eigenvalue weighted by molar-refractivity contribution is 5.85. The van der Waals surface area contributed by atoms with Crippen LogP contribution in [0.15, 0.2) is 24.3 Å². The zero-order chi connectivity index (χ0) is 12.4. The molecule has 1 heterocycles. The number of anilines is 2. The first kappa shape index (κ1) is 11.8. The number of nitrogens with zero attached hydrogens (tertiary/aromatic N) is 2. The van der Waals surface area contributed by atoms with Crippen LogP contribution in [0.1, 0.15) is 6.42 Å². The maximum absolute atomic E-state index is 11.6. The van der Waals surface area contributed by atoms with Crippen LogP contribution in [-0.2, 0) is 9.53 Å². The molecule has 1 atom stereocenters. The molecule has 4 nitrogen and oxygen atoms in total. The van der Waals surface area contributed by atoms with Gasteiger partial charge in [0.25, 0.3) is 0 Å². The molecule has 1 aromatic rings. The monoisotopic (exact) mass is 234 g/mol. The van der Waals surface area contributed by atoms with E-state index >= 15 is 0 Å². The fourth-order valence-electron chi connectivity index (χ4n) is 2.14. The summed E-state index contributed by atoms with van der Waals surface area (Å²) in [7, 11) is 5.45. The number of esters is 1. The molecular weight excluding hydrogens is 216 g/mol. The summed E-state index contributed by atoms with van der Waals surface area (Å²) in [4.78, 5) is 15.7. The van der Waals surface area contributed by atoms with Crippen molar-refractivity contribution in [2.45, 2.75) is 12.5 Å². The summed E-state index contributed by atoms with van der Waals surface area (Å²) in [5, 5.41) is 0. The Bertz CT molecular complexity index is 418. The van der Waals surface area contributed by atoms with Crippen LogP contribution in [0.25, 0.3) is 0 Å². The van der Waals surface area contributed by atoms with Crippen LogP contribution in [0, 0.1) is 0 Å². The minimum atomic E-state index is -0.148. The fourth-order valence-corrected chi connectivity index (χ4v) is 2.14. The van der Waals surface area contributed by atoms with E-state index in [2.05, 4.69) is 15.9 Å². The van der Waals surface area contributed by atoms with Gasteiger partial charge in [-0.05, 0) is 18.6 Å². The van der Waals surface area contributed by atoms with Crippen LogP contribution in [0.2, 0.25) is 0 Å². The summed E-state index contributed by atoms with van der Waals surface area (Å²) >= 11 is 0. The molecule has 4 heteroatoms. The Labute approximate surface area is 102 Å². The van der Waals surface area contributed by atoms with E-state index in [1.807, 2.05) is 32.3 Å². The summed E-state index contributed by atoms with van der Waals surface area (Å²) in [6.07, 6.45) is 0.869. The zero-order valence-electron chi connectivity index (χ0n) is 10.5. The lowest BCUT2D eigenvalue weighted by Crippen LogP contribution is -2.53. The Morgan fingerprint density at radius 1 is 1.41 bits per heavy atom. The number of ether oxygens (including phenoxy) is 1. The molecule has 0 radical (unpaired) electrons. The maximum atomic E-state index is 11.6. The first-order valence-electron chi connectivity index (χ1n) is 5.76. The molecule has 1 unspecified atom stereocenters. The SMILES string of the molecule is COC(=O)C1CCN1c1ccccc1N(C)C. The quantitative estimate of drug-likeness (QED) is 0.742. The molecule has 2 rings (SSSR count). The van der Waals surface area contributed by atoms with E-state index in [-0.39, 0.29) is 12.0 Å². The summed E-state index contributed by atoms with van der Waals surface area (Å²) in [6, 6.07) is 7.98. The molecule has 0 aliphatic carbocycles. The molecule has 0 bridgehead atoms. The van der Waals surface area contributed by atoms with Crippen molar-refractivity contribution in [3.05, 3.63) is 24.3 Å². The standard InChI is InChI=1S/C13H18N2O2/c1-14(2)10-6-4-5-7-11(10)15-9-8-12(15)13(16)17-3/h4-7,12H,8-9H2,1-3H3. The average molecular weight is 234 g/mol. The molecule has 1 aliphatic heterocycles. The fraction of sp³-hybridized carbons (Fsp3) is 0.462. The molecule has 17 heavy (non-hydrogen) atoms. The smallest absolute Gasteiger partial charge is 0.328 e. The molecule has 92 valence electrons. The predicted octanol–water partition coefficient (Wildman–Crippen LogP) is 1.50. The van der Waals surface area contributed by atoms with Crippen molar-refractivity contribution in [3.63, 3.8) is 0 Å². The second-order valence-electron chi connectivity index (χ2n) is 4.40. The molecule has 1 aliphatic rings. The van der Waals surface area contributed by atoms with Gasteiger partial charge in [-0.25, -0.2) is 4.79 Å². The second kappa shape index (κ2) is 4.65. The number of rotatable bonds is 3. The van der Waals surface area contributed by atoms with Gasteiger partial charge in [-0.15, -0.1) is 0 Å². The molecule has 0 spiro atoms. The van der Waals surface area contributed by atoms with Gasteiger partial charge in [-0.1, -0.05) is 12.1 Å². The molecule has 1 saturated heterocycles. The van der Waals surface area contributed by atoms with Gasteiger partial charge < -0.3 is 14.5 Å². The second-order valence-corrected chi connectivity index (χ2v) is 4.40. The highest BCUT2D eigenvalue weighted by atomic mass is 16.5. The van der Waals surface area contributed by atoms with E-state index in [1.165, 1.54) is 7.11 Å². The van der Waals surface area contributed by atoms with Crippen molar-refractivity contribution in [2.75, 3.05) is 37.5 Å². The predicted molar refractivity (Wildman–Crippen MR) is 68.5 cm³/mol. The van der Waals surface area contributed by atoms with Crippen molar-refractivity contribution in [1.29, 1.82) is 0 Å². The summed E-state index contributed by atoms with van der Waals surface area (Å²) < 4.78 is 4.81. The van der Waals surface area contributed by atoms with Crippen LogP contribution < -0.4 is 9.80 Å². The number of carbonyl (C=O) groups is 1. The zero-order valence-corrected chi connectivity index (χ0v) is 10.5. The van der Waals surface area contributed by atoms with E-state index in [0.717, 1.165) is 24.3 Å². The van der Waals surface area contributed by atoms with E-state index in [0.29, 0.717) is 0 Å². The van der Waals surface area contributed by atoms with Crippen LogP contribution in [0.4, 0.5) is 11.4 Å². The molecule has 1 aromatic carbocycles. The Morgan fingerprint density at radius 3 is 2.65 bits per heavy atom. The van der Waals surface area contributed by atoms with Crippen molar-refractivity contribution in [1.82, 2.24) is 0 Å². The Balaban J connectivity index is 2.26. The van der Waals surface area contributed by atoms with Gasteiger partial charge in [-0.3, -0.25) is 0 Å². The number of hydrogen-bond donors (Lipinski definition) is 0. The van der Waals surface area contributed by atoms with E-state index < -0.39 is 0 Å². The largest absolute Gasteiger partial charge is 0.467 e. The highest BCUT2D eigenvalue weighted by Crippen LogP contribution is 2.34. The van der Waals surface area contributed by atoms with Crippen LogP contribution in [0.3, 0.4) is 0 Å². The van der Waals surface area contributed by atoms with Crippen LogP contribution >= 0.6 is 0 Å². The highest BCUT2D eigenvalue weighted by Gasteiger charge is 2.36. The van der Waals surface area contributed by atoms with Gasteiger partial charge in [0.1, 0.15) is 6.04 Å². The molecular formula is C13H18N2O2. The molecule has 0 saturated carbocycles. The first-order chi connectivity index (χ1) is 8.15. The van der Waals surface area contributed by atoms with Crippen molar-refractivity contribution < 1.29 is 9.53 Å². The summed E-state index contributed by atoms with van der Waals surface area (Å²) in [5.74, 6) is -0.148. The van der Waals surface area contributed by atoms with E-state index in [4.69, 9.17) is 4.74 Å². The minimum Gasteiger partial charge on any atom is -0.467 e. The number of para-hydroxylation sites is 2. The lowest BCUT2D eigenvalue weighted by atomic mass is 10.0. The van der Waals surface area contributed by atoms with Gasteiger partial charge >= 0.3 is 5.97 Å². The molecule has 1 fully saturated rings. The van der Waals surface area contributed by atoms with E-state index in [1.54, 1.807) is 0 Å². The van der Waals surface area contributed by atoms with Crippen molar-refractivity contribution >= 4 is 17.3 Å². The minimum absolute atomic E-state index is 0.124. The lowest BCUT2D eigenvalue weighted by Gasteiger charge is -2.42. The number of benzene rings is 1. The van der Waals surface area contributed by atoms with Crippen LogP contribution in [-0.4, -0.2) is 39.8 Å². The van der Waals surface area contributed by atoms with Gasteiger partial charge in [0.15, 0.2) is 0 Å². The van der Waals surface area contributed by atoms with Gasteiger partial charge in [0, 0.05) is 20.6 Å². The molecule has 0 aromatic heterocycles. The van der Waals surface area contributed by atoms with Gasteiger partial charge in [-0.2, -0.15) is 0 Å². The van der Waals surface area contributed by atoms with Crippen molar-refractivity contribution in [2.24, 2.45) is 0 Å². The molecule has 0 amide bonds. The average Bonchev–Trinajstić information content (AvgIpc) is 2.28. The van der Waals surface area contributed by atoms with E-state index in [9.17, 15) is 4.79 Å². The third-order valence-corrected chi connectivity index (χ3v) is 3.17. The molecule has 0 N–H and O–H groups in total. The van der Waals surface area contributed by atoms with Gasteiger partial charge in [0.05, 0.1) is 18.5 Å². The normalized spacial score (nSPS) is 18.5. The number of carbonyl (C=O) groups excluding carboxylic acids is 1. The Kier molecular flexibility index (Phi) is 3.22. The van der Waals surface area contributed by atoms with Gasteiger partial charge in [0.2, 0.25) is 0 Å². The van der Waals surface area contributed by atoms with Crippen molar-refractivity contribution in [3.8, 4) is 0 Å². The first-order valence-corrected chi connectivity index (χ1v) is 5.76. The maximum Gasteiger partial charge on any atom is 0.328 e. The summed E-state index contributed by atoms with van der Waals surface area (Å²) in [5.41, 5.74) is 2.22. The third-order valence-electron chi connectivity index (χ3n) is 3.17. The number of methoxy groups -OCH3 is 1. The number of hydrogen-bond acceptors (Lipinski definition) is 4. The lowest BCUT2D eigenvalue weighted by molar-refractivity contribution is -0.143.